The second kappa shape index (κ2) is 7.09. The van der Waals surface area contributed by atoms with Crippen LogP contribution in [0.4, 0.5) is 5.69 Å². The van der Waals surface area contributed by atoms with Gasteiger partial charge in [-0.05, 0) is 0 Å². The number of aromatic nitrogens is 2. The molecule has 0 spiro atoms. The Morgan fingerprint density at radius 3 is 2.58 bits per heavy atom. The van der Waals surface area contributed by atoms with Gasteiger partial charge >= 0.3 is 158 Å². The van der Waals surface area contributed by atoms with Crippen LogP contribution in [-0.4, -0.2) is 36.0 Å². The minimum atomic E-state index is 0.421. The summed E-state index contributed by atoms with van der Waals surface area (Å²) in [7, 11) is 1.90. The number of hydrogen-bond donors (Lipinski definition) is 1. The number of nitrogen functional groups attached to an aromatic ring is 1. The van der Waals surface area contributed by atoms with Gasteiger partial charge in [0.05, 0.1) is 0 Å². The van der Waals surface area contributed by atoms with Crippen molar-refractivity contribution in [1.29, 1.82) is 0 Å². The Morgan fingerprint density at radius 2 is 1.88 bits per heavy atom. The van der Waals surface area contributed by atoms with E-state index in [1.807, 2.05) is 49.6 Å². The number of aryl methyl sites for hydroxylation is 2. The standard InChI is InChI=1S/C19H17N3O.Tl/c1-13-3-10-18(23)17(11-13)19-15(12-22(2)21-19)7-4-14-5-8-16(20)9-6-14;/h3,5-6,8-12,23H,20H2,1-2H3;/q;+1/p-1. The van der Waals surface area contributed by atoms with Crippen molar-refractivity contribution in [1.82, 2.24) is 9.78 Å². The Kier molecular flexibility index (Phi) is 4.90. The Hall–Kier alpha value is -2.27. The van der Waals surface area contributed by atoms with E-state index in [4.69, 9.17) is 8.42 Å². The molecule has 0 saturated carbocycles. The van der Waals surface area contributed by atoms with Gasteiger partial charge in [0.15, 0.2) is 0 Å². The second-order valence-electron chi connectivity index (χ2n) is 5.55. The van der Waals surface area contributed by atoms with Gasteiger partial charge in [0.25, 0.3) is 0 Å². The van der Waals surface area contributed by atoms with E-state index in [1.165, 1.54) is 5.56 Å². The first-order valence-electron chi connectivity index (χ1n) is 7.46. The summed E-state index contributed by atoms with van der Waals surface area (Å²) in [6.45, 7) is 2.06. The molecule has 1 aromatic heterocycles. The second-order valence-corrected chi connectivity index (χ2v) is 6.47. The number of benzene rings is 2. The van der Waals surface area contributed by atoms with Crippen molar-refractivity contribution in [3.63, 3.8) is 0 Å². The van der Waals surface area contributed by atoms with Crippen molar-refractivity contribution in [2.45, 2.75) is 6.92 Å². The van der Waals surface area contributed by atoms with E-state index in [0.717, 1.165) is 33.8 Å². The number of nitrogens with two attached hydrogens (primary N) is 1. The van der Waals surface area contributed by atoms with Crippen LogP contribution in [0.3, 0.4) is 0 Å². The number of nitrogens with zero attached hydrogens (tertiary/aromatic N) is 2. The van der Waals surface area contributed by atoms with E-state index in [0.29, 0.717) is 26.2 Å². The third-order valence-corrected chi connectivity index (χ3v) is 4.59. The van der Waals surface area contributed by atoms with Gasteiger partial charge in [0, 0.05) is 0 Å². The summed E-state index contributed by atoms with van der Waals surface area (Å²) in [5.41, 5.74) is 11.2. The summed E-state index contributed by atoms with van der Waals surface area (Å²) in [6.07, 6.45) is 1.93. The number of hydrogen-bond acceptors (Lipinski definition) is 3. The first-order chi connectivity index (χ1) is 11.6. The Labute approximate surface area is 158 Å². The molecular weight excluding hydrogens is 491 g/mol. The van der Waals surface area contributed by atoms with Crippen LogP contribution >= 0.6 is 0 Å². The van der Waals surface area contributed by atoms with Gasteiger partial charge in [-0.1, -0.05) is 0 Å². The molecule has 0 amide bonds. The Morgan fingerprint density at radius 1 is 1.12 bits per heavy atom. The van der Waals surface area contributed by atoms with Crippen LogP contribution in [0.1, 0.15) is 16.7 Å². The summed E-state index contributed by atoms with van der Waals surface area (Å²) in [5.74, 6) is 7.26. The van der Waals surface area contributed by atoms with E-state index >= 15 is 0 Å². The van der Waals surface area contributed by atoms with Crippen molar-refractivity contribution in [2.24, 2.45) is 7.05 Å². The molecule has 2 N–H and O–H groups in total. The molecule has 0 bridgehead atoms. The predicted molar refractivity (Wildman–Crippen MR) is 96.6 cm³/mol. The molecule has 0 radical (unpaired) electrons. The van der Waals surface area contributed by atoms with Gasteiger partial charge in [-0.25, -0.2) is 0 Å². The quantitative estimate of drug-likeness (QED) is 0.330. The SMILES string of the molecule is Cc1ccc([O][Tl])c(-c2nn(C)cc2C#Cc2ccc(N)cc2)c1. The van der Waals surface area contributed by atoms with Crippen LogP contribution in [-0.2, 0) is 7.05 Å². The summed E-state index contributed by atoms with van der Waals surface area (Å²) in [6, 6.07) is 13.7. The van der Waals surface area contributed by atoms with E-state index in [2.05, 4.69) is 29.9 Å². The summed E-state index contributed by atoms with van der Waals surface area (Å²) >= 11 is 0.421. The Balaban J connectivity index is 2.06. The van der Waals surface area contributed by atoms with E-state index in [9.17, 15) is 0 Å². The van der Waals surface area contributed by atoms with Gasteiger partial charge < -0.3 is 0 Å². The van der Waals surface area contributed by atoms with Gasteiger partial charge in [-0.15, -0.1) is 0 Å². The van der Waals surface area contributed by atoms with Crippen molar-refractivity contribution >= 4 is 31.9 Å². The topological polar surface area (TPSA) is 53.1 Å². The molecule has 3 aromatic rings. The molecule has 0 aliphatic carbocycles. The average molecular weight is 507 g/mol. The van der Waals surface area contributed by atoms with Gasteiger partial charge in [-0.3, -0.25) is 0 Å². The third-order valence-electron chi connectivity index (χ3n) is 3.60. The fourth-order valence-electron chi connectivity index (χ4n) is 2.42. The third kappa shape index (κ3) is 3.62. The molecule has 1 heterocycles. The molecule has 4 nitrogen and oxygen atoms in total. The minimum absolute atomic E-state index is 0.421. The molecule has 0 atom stereocenters. The van der Waals surface area contributed by atoms with Crippen molar-refractivity contribution < 1.29 is 2.69 Å². The van der Waals surface area contributed by atoms with Crippen LogP contribution < -0.4 is 8.42 Å². The molecule has 0 saturated heterocycles. The molecular formula is C19H16N3OTl. The molecule has 0 aliphatic rings. The van der Waals surface area contributed by atoms with Crippen LogP contribution in [0.15, 0.2) is 48.7 Å². The number of anilines is 1. The zero-order valence-corrected chi connectivity index (χ0v) is 18.1. The van der Waals surface area contributed by atoms with Crippen molar-refractivity contribution in [3.05, 3.63) is 65.4 Å². The maximum atomic E-state index is 5.71. The molecule has 0 aliphatic heterocycles. The molecule has 24 heavy (non-hydrogen) atoms. The summed E-state index contributed by atoms with van der Waals surface area (Å²) in [5, 5.41) is 4.59. The van der Waals surface area contributed by atoms with Crippen LogP contribution in [0.5, 0.6) is 5.75 Å². The monoisotopic (exact) mass is 507 g/mol. The van der Waals surface area contributed by atoms with Crippen LogP contribution in [0.25, 0.3) is 11.3 Å². The van der Waals surface area contributed by atoms with E-state index < -0.39 is 0 Å². The fraction of sp³-hybridized carbons (Fsp3) is 0.105. The summed E-state index contributed by atoms with van der Waals surface area (Å²) in [4.78, 5) is 0. The Bertz CT molecular complexity index is 933. The molecule has 116 valence electrons. The summed E-state index contributed by atoms with van der Waals surface area (Å²) < 4.78 is 7.43. The maximum absolute atomic E-state index is 5.71. The average Bonchev–Trinajstić information content (AvgIpc) is 2.95. The van der Waals surface area contributed by atoms with Crippen molar-refractivity contribution in [3.8, 4) is 28.8 Å². The van der Waals surface area contributed by atoms with E-state index in [1.54, 1.807) is 4.68 Å². The van der Waals surface area contributed by atoms with Crippen LogP contribution in [0, 0.1) is 18.8 Å². The normalized spacial score (nSPS) is 10.0. The predicted octanol–water partition coefficient (Wildman–Crippen LogP) is 2.84. The van der Waals surface area contributed by atoms with Crippen molar-refractivity contribution in [2.75, 3.05) is 5.73 Å². The van der Waals surface area contributed by atoms with Gasteiger partial charge in [-0.2, -0.15) is 0 Å². The fourth-order valence-corrected chi connectivity index (χ4v) is 3.22. The van der Waals surface area contributed by atoms with Gasteiger partial charge in [0.2, 0.25) is 0 Å². The first kappa shape index (κ1) is 16.6. The molecule has 0 fully saturated rings. The van der Waals surface area contributed by atoms with Gasteiger partial charge in [0.1, 0.15) is 0 Å². The molecule has 3 rings (SSSR count). The first-order valence-corrected chi connectivity index (χ1v) is 9.29. The zero-order chi connectivity index (χ0) is 17.1. The molecule has 5 heteroatoms. The number of rotatable bonds is 2. The van der Waals surface area contributed by atoms with E-state index in [-0.39, 0.29) is 0 Å². The van der Waals surface area contributed by atoms with Crippen LogP contribution in [0.2, 0.25) is 0 Å². The molecule has 2 aromatic carbocycles. The zero-order valence-electron chi connectivity index (χ0n) is 13.6. The molecule has 0 unspecified atom stereocenters.